The van der Waals surface area contributed by atoms with Gasteiger partial charge in [-0.1, -0.05) is 38.1 Å². The van der Waals surface area contributed by atoms with E-state index < -0.39 is 9.84 Å². The van der Waals surface area contributed by atoms with Gasteiger partial charge in [-0.25, -0.2) is 8.42 Å². The first-order valence-electron chi connectivity index (χ1n) is 6.55. The first-order valence-corrected chi connectivity index (χ1v) is 8.27. The lowest BCUT2D eigenvalue weighted by atomic mass is 10.1. The van der Waals surface area contributed by atoms with E-state index in [2.05, 4.69) is 31.2 Å². The molecule has 0 bridgehead atoms. The van der Waals surface area contributed by atoms with Gasteiger partial charge in [-0.3, -0.25) is 0 Å². The molecule has 3 nitrogen and oxygen atoms in total. The highest BCUT2D eigenvalue weighted by Crippen LogP contribution is 2.51. The number of sulfone groups is 1. The van der Waals surface area contributed by atoms with Crippen LogP contribution >= 0.6 is 0 Å². The van der Waals surface area contributed by atoms with Gasteiger partial charge in [0.15, 0.2) is 9.84 Å². The van der Waals surface area contributed by atoms with Crippen molar-refractivity contribution in [1.29, 1.82) is 0 Å². The Kier molecular flexibility index (Phi) is 3.78. The molecule has 2 rings (SSSR count). The molecule has 0 heterocycles. The molecule has 0 aromatic heterocycles. The van der Waals surface area contributed by atoms with E-state index in [1.807, 2.05) is 0 Å². The van der Waals surface area contributed by atoms with Gasteiger partial charge in [0.1, 0.15) is 0 Å². The summed E-state index contributed by atoms with van der Waals surface area (Å²) in [5, 5.41) is -0.264. The number of nitrogens with two attached hydrogens (primary N) is 1. The summed E-state index contributed by atoms with van der Waals surface area (Å²) < 4.78 is 24.0. The maximum absolute atomic E-state index is 12.0. The fraction of sp³-hybridized carbons (Fsp3) is 0.571. The predicted molar refractivity (Wildman–Crippen MR) is 74.4 cm³/mol. The van der Waals surface area contributed by atoms with E-state index in [9.17, 15) is 8.42 Å². The molecule has 1 aliphatic carbocycles. The van der Waals surface area contributed by atoms with Crippen LogP contribution in [0.25, 0.3) is 0 Å². The van der Waals surface area contributed by atoms with Crippen LogP contribution in [0.1, 0.15) is 30.9 Å². The highest BCUT2D eigenvalue weighted by Gasteiger charge is 2.56. The van der Waals surface area contributed by atoms with Gasteiger partial charge in [0, 0.05) is 11.7 Å². The fourth-order valence-corrected chi connectivity index (χ4v) is 4.63. The van der Waals surface area contributed by atoms with Gasteiger partial charge in [-0.2, -0.15) is 0 Å². The topological polar surface area (TPSA) is 60.2 Å². The maximum atomic E-state index is 12.0. The molecule has 1 aromatic rings. The smallest absolute Gasteiger partial charge is 0.153 e. The first-order chi connectivity index (χ1) is 8.55. The molecule has 0 saturated heterocycles. The molecular formula is C14H21NO2S. The first kappa shape index (κ1) is 13.6. The van der Waals surface area contributed by atoms with Gasteiger partial charge in [0.05, 0.1) is 5.25 Å². The molecule has 0 amide bonds. The van der Waals surface area contributed by atoms with Crippen LogP contribution in [-0.2, 0) is 16.3 Å². The van der Waals surface area contributed by atoms with Crippen molar-refractivity contribution in [2.24, 2.45) is 11.7 Å². The molecule has 1 fully saturated rings. The normalized spacial score (nSPS) is 27.2. The molecule has 0 spiro atoms. The van der Waals surface area contributed by atoms with Crippen LogP contribution in [0.2, 0.25) is 0 Å². The average molecular weight is 267 g/mol. The molecule has 2 N–H and O–H groups in total. The molecule has 100 valence electrons. The zero-order chi connectivity index (χ0) is 13.3. The van der Waals surface area contributed by atoms with Crippen LogP contribution in [-0.4, -0.2) is 26.0 Å². The van der Waals surface area contributed by atoms with E-state index in [0.717, 1.165) is 12.0 Å². The molecule has 18 heavy (non-hydrogen) atoms. The van der Waals surface area contributed by atoms with E-state index in [1.54, 1.807) is 6.92 Å². The quantitative estimate of drug-likeness (QED) is 0.883. The molecule has 0 unspecified atom stereocenters. The van der Waals surface area contributed by atoms with Crippen molar-refractivity contribution < 1.29 is 8.42 Å². The largest absolute Gasteiger partial charge is 0.330 e. The van der Waals surface area contributed by atoms with Crippen LogP contribution in [0.5, 0.6) is 0 Å². The zero-order valence-corrected chi connectivity index (χ0v) is 11.8. The Morgan fingerprint density at radius 2 is 1.78 bits per heavy atom. The van der Waals surface area contributed by atoms with Crippen molar-refractivity contribution in [2.75, 3.05) is 12.3 Å². The SMILES string of the molecule is CCc1ccc([C@H]2[C@@H](CN)[C@@H]2S(=O)(=O)CC)cc1. The fourth-order valence-electron chi connectivity index (χ4n) is 2.72. The van der Waals surface area contributed by atoms with Crippen molar-refractivity contribution >= 4 is 9.84 Å². The van der Waals surface area contributed by atoms with Gasteiger partial charge in [0.2, 0.25) is 0 Å². The lowest BCUT2D eigenvalue weighted by molar-refractivity contribution is 0.593. The Bertz CT molecular complexity index is 507. The molecule has 3 atom stereocenters. The number of hydrogen-bond acceptors (Lipinski definition) is 3. The summed E-state index contributed by atoms with van der Waals surface area (Å²) >= 11 is 0. The summed E-state index contributed by atoms with van der Waals surface area (Å²) in [6.07, 6.45) is 1.00. The van der Waals surface area contributed by atoms with Crippen molar-refractivity contribution in [2.45, 2.75) is 31.4 Å². The summed E-state index contributed by atoms with van der Waals surface area (Å²) in [4.78, 5) is 0. The second-order valence-electron chi connectivity index (χ2n) is 4.94. The minimum Gasteiger partial charge on any atom is -0.330 e. The third-order valence-corrected chi connectivity index (χ3v) is 6.24. The molecule has 0 aliphatic heterocycles. The molecular weight excluding hydrogens is 246 g/mol. The number of aryl methyl sites for hydroxylation is 1. The van der Waals surface area contributed by atoms with E-state index in [1.165, 1.54) is 5.56 Å². The lowest BCUT2D eigenvalue weighted by Crippen LogP contribution is -2.15. The summed E-state index contributed by atoms with van der Waals surface area (Å²) in [6.45, 7) is 4.27. The molecule has 1 aromatic carbocycles. The summed E-state index contributed by atoms with van der Waals surface area (Å²) in [5.74, 6) is 0.408. The second-order valence-corrected chi connectivity index (χ2v) is 7.38. The second kappa shape index (κ2) is 5.02. The van der Waals surface area contributed by atoms with E-state index >= 15 is 0 Å². The Hall–Kier alpha value is -0.870. The lowest BCUT2D eigenvalue weighted by Gasteiger charge is -2.02. The Labute approximate surface area is 109 Å². The van der Waals surface area contributed by atoms with Crippen molar-refractivity contribution in [3.05, 3.63) is 35.4 Å². The monoisotopic (exact) mass is 267 g/mol. The minimum atomic E-state index is -2.98. The van der Waals surface area contributed by atoms with E-state index in [0.29, 0.717) is 6.54 Å². The van der Waals surface area contributed by atoms with Gasteiger partial charge in [-0.05, 0) is 30.0 Å². The highest BCUT2D eigenvalue weighted by molar-refractivity contribution is 7.92. The van der Waals surface area contributed by atoms with E-state index in [-0.39, 0.29) is 22.8 Å². The van der Waals surface area contributed by atoms with E-state index in [4.69, 9.17) is 5.73 Å². The predicted octanol–water partition coefficient (Wildman–Crippen LogP) is 1.72. The average Bonchev–Trinajstić information content (AvgIpc) is 3.14. The number of benzene rings is 1. The third-order valence-electron chi connectivity index (χ3n) is 3.96. The van der Waals surface area contributed by atoms with Crippen molar-refractivity contribution in [3.8, 4) is 0 Å². The number of hydrogen-bond donors (Lipinski definition) is 1. The van der Waals surface area contributed by atoms with Crippen LogP contribution in [0.4, 0.5) is 0 Å². The Balaban J connectivity index is 2.23. The van der Waals surface area contributed by atoms with Gasteiger partial charge in [0.25, 0.3) is 0 Å². The van der Waals surface area contributed by atoms with Crippen LogP contribution in [0.15, 0.2) is 24.3 Å². The zero-order valence-electron chi connectivity index (χ0n) is 11.0. The van der Waals surface area contributed by atoms with Crippen molar-refractivity contribution in [1.82, 2.24) is 0 Å². The summed E-state index contributed by atoms with van der Waals surface area (Å²) in [7, 11) is -2.98. The molecule has 0 radical (unpaired) electrons. The molecule has 1 aliphatic rings. The van der Waals surface area contributed by atoms with Crippen molar-refractivity contribution in [3.63, 3.8) is 0 Å². The standard InChI is InChI=1S/C14H21NO2S/c1-3-10-5-7-11(8-6-10)13-12(9-15)14(13)18(16,17)4-2/h5-8,12-14H,3-4,9,15H2,1-2H3/t12-,13+,14+/m1/s1. The van der Waals surface area contributed by atoms with Crippen LogP contribution in [0.3, 0.4) is 0 Å². The molecule has 4 heteroatoms. The Morgan fingerprint density at radius 1 is 1.17 bits per heavy atom. The van der Waals surface area contributed by atoms with Gasteiger partial charge in [-0.15, -0.1) is 0 Å². The van der Waals surface area contributed by atoms with Crippen LogP contribution in [0, 0.1) is 5.92 Å². The third kappa shape index (κ3) is 2.31. The minimum absolute atomic E-state index is 0.0995. The maximum Gasteiger partial charge on any atom is 0.153 e. The van der Waals surface area contributed by atoms with Gasteiger partial charge >= 0.3 is 0 Å². The number of rotatable bonds is 5. The van der Waals surface area contributed by atoms with Crippen LogP contribution < -0.4 is 5.73 Å². The van der Waals surface area contributed by atoms with Gasteiger partial charge < -0.3 is 5.73 Å². The summed E-state index contributed by atoms with van der Waals surface area (Å²) in [5.41, 5.74) is 8.09. The molecule has 1 saturated carbocycles. The highest BCUT2D eigenvalue weighted by atomic mass is 32.2. The summed E-state index contributed by atoms with van der Waals surface area (Å²) in [6, 6.07) is 8.27. The Morgan fingerprint density at radius 3 is 2.22 bits per heavy atom.